The largest absolute Gasteiger partial charge is 0.462 e. The number of esters is 1. The molecule has 1 aliphatic heterocycles. The minimum absolute atomic E-state index is 0.0943. The Bertz CT molecular complexity index is 823. The minimum Gasteiger partial charge on any atom is -0.462 e. The highest BCUT2D eigenvalue weighted by atomic mass is 16.5. The number of piperidine rings is 1. The molecule has 3 rings (SSSR count). The summed E-state index contributed by atoms with van der Waals surface area (Å²) >= 11 is 0. The van der Waals surface area contributed by atoms with Crippen molar-refractivity contribution in [2.24, 2.45) is 0 Å². The number of nitrogens with one attached hydrogen (secondary N) is 1. The maximum absolute atomic E-state index is 12.6. The number of rotatable bonds is 6. The molecule has 0 spiro atoms. The molecule has 2 heterocycles. The first-order valence-corrected chi connectivity index (χ1v) is 9.78. The van der Waals surface area contributed by atoms with Crippen LogP contribution in [0.25, 0.3) is 0 Å². The number of hydrogen-bond donors (Lipinski definition) is 1. The van der Waals surface area contributed by atoms with Crippen LogP contribution >= 0.6 is 0 Å². The van der Waals surface area contributed by atoms with Crippen LogP contribution in [0.1, 0.15) is 51.9 Å². The molecule has 1 unspecified atom stereocenters. The van der Waals surface area contributed by atoms with Crippen LogP contribution < -0.4 is 5.32 Å². The van der Waals surface area contributed by atoms with E-state index in [4.69, 9.17) is 4.74 Å². The van der Waals surface area contributed by atoms with E-state index in [0.717, 1.165) is 32.5 Å². The lowest BCUT2D eigenvalue weighted by molar-refractivity contribution is 0.0524. The molecule has 6 nitrogen and oxygen atoms in total. The van der Waals surface area contributed by atoms with E-state index in [1.165, 1.54) is 5.56 Å². The van der Waals surface area contributed by atoms with Crippen LogP contribution in [0.2, 0.25) is 0 Å². The molecule has 0 saturated carbocycles. The molecule has 28 heavy (non-hydrogen) atoms. The number of ether oxygens (including phenoxy) is 1. The zero-order valence-corrected chi connectivity index (χ0v) is 16.5. The highest BCUT2D eigenvalue weighted by molar-refractivity contribution is 5.95. The van der Waals surface area contributed by atoms with Gasteiger partial charge in [0.05, 0.1) is 17.9 Å². The predicted octanol–water partition coefficient (Wildman–Crippen LogP) is 2.96. The summed E-state index contributed by atoms with van der Waals surface area (Å²) in [4.78, 5) is 31.2. The first-order chi connectivity index (χ1) is 13.6. The summed E-state index contributed by atoms with van der Waals surface area (Å²) in [5.41, 5.74) is 2.50. The van der Waals surface area contributed by atoms with Crippen molar-refractivity contribution in [2.75, 3.05) is 19.7 Å². The second-order valence-electron chi connectivity index (χ2n) is 7.08. The zero-order valence-electron chi connectivity index (χ0n) is 16.5. The third kappa shape index (κ3) is 5.16. The van der Waals surface area contributed by atoms with Gasteiger partial charge in [-0.15, -0.1) is 0 Å². The van der Waals surface area contributed by atoms with Crippen LogP contribution in [0.5, 0.6) is 0 Å². The summed E-state index contributed by atoms with van der Waals surface area (Å²) in [6, 6.07) is 13.7. The Hall–Kier alpha value is -2.73. The second-order valence-corrected chi connectivity index (χ2v) is 7.08. The van der Waals surface area contributed by atoms with E-state index in [1.807, 2.05) is 18.2 Å². The first-order valence-electron chi connectivity index (χ1n) is 9.78. The monoisotopic (exact) mass is 381 g/mol. The molecule has 1 aromatic carbocycles. The number of aromatic nitrogens is 1. The lowest BCUT2D eigenvalue weighted by atomic mass is 10.0. The molecule has 0 radical (unpaired) electrons. The summed E-state index contributed by atoms with van der Waals surface area (Å²) < 4.78 is 5.01. The van der Waals surface area contributed by atoms with Gasteiger partial charge in [0, 0.05) is 19.1 Å². The number of benzene rings is 1. The van der Waals surface area contributed by atoms with Crippen molar-refractivity contribution >= 4 is 11.9 Å². The third-order valence-electron chi connectivity index (χ3n) is 4.90. The Kier molecular flexibility index (Phi) is 6.76. The molecule has 1 saturated heterocycles. The van der Waals surface area contributed by atoms with E-state index >= 15 is 0 Å². The molecule has 1 aliphatic rings. The summed E-state index contributed by atoms with van der Waals surface area (Å²) in [5, 5.41) is 3.09. The maximum Gasteiger partial charge on any atom is 0.339 e. The molecule has 0 bridgehead atoms. The van der Waals surface area contributed by atoms with Crippen molar-refractivity contribution < 1.29 is 14.3 Å². The van der Waals surface area contributed by atoms with Gasteiger partial charge in [-0.05, 0) is 50.9 Å². The van der Waals surface area contributed by atoms with E-state index in [1.54, 1.807) is 26.0 Å². The molecular weight excluding hydrogens is 354 g/mol. The summed E-state index contributed by atoms with van der Waals surface area (Å²) in [6.07, 6.45) is 2.00. The van der Waals surface area contributed by atoms with Gasteiger partial charge in [0.25, 0.3) is 5.91 Å². The topological polar surface area (TPSA) is 71.5 Å². The SMILES string of the molecule is CCOC(=O)c1ccc(C(=O)NC2CCCN(Cc3ccccc3)C2)nc1C. The highest BCUT2D eigenvalue weighted by Gasteiger charge is 2.23. The van der Waals surface area contributed by atoms with Gasteiger partial charge in [-0.25, -0.2) is 9.78 Å². The van der Waals surface area contributed by atoms with E-state index in [9.17, 15) is 9.59 Å². The first kappa shape index (κ1) is 20.0. The quantitative estimate of drug-likeness (QED) is 0.779. The van der Waals surface area contributed by atoms with Crippen LogP contribution in [0.4, 0.5) is 0 Å². The predicted molar refractivity (Wildman–Crippen MR) is 107 cm³/mol. The molecular formula is C22H27N3O3. The van der Waals surface area contributed by atoms with Gasteiger partial charge < -0.3 is 10.1 Å². The van der Waals surface area contributed by atoms with E-state index in [0.29, 0.717) is 23.6 Å². The van der Waals surface area contributed by atoms with Crippen LogP contribution in [0.15, 0.2) is 42.5 Å². The number of amides is 1. The average Bonchev–Trinajstić information content (AvgIpc) is 2.69. The Morgan fingerprint density at radius 2 is 2.00 bits per heavy atom. The van der Waals surface area contributed by atoms with Crippen molar-refractivity contribution in [1.29, 1.82) is 0 Å². The summed E-state index contributed by atoms with van der Waals surface area (Å²) in [6.45, 7) is 6.52. The molecule has 1 amide bonds. The van der Waals surface area contributed by atoms with Crippen LogP contribution in [-0.4, -0.2) is 47.5 Å². The number of aryl methyl sites for hydroxylation is 1. The fourth-order valence-electron chi connectivity index (χ4n) is 3.53. The number of carbonyl (C=O) groups excluding carboxylic acids is 2. The Morgan fingerprint density at radius 1 is 1.21 bits per heavy atom. The maximum atomic E-state index is 12.6. The van der Waals surface area contributed by atoms with Crippen LogP contribution in [0, 0.1) is 6.92 Å². The summed E-state index contributed by atoms with van der Waals surface area (Å²) in [7, 11) is 0. The van der Waals surface area contributed by atoms with Gasteiger partial charge >= 0.3 is 5.97 Å². The van der Waals surface area contributed by atoms with Crippen LogP contribution in [-0.2, 0) is 11.3 Å². The fourth-order valence-corrected chi connectivity index (χ4v) is 3.53. The normalized spacial score (nSPS) is 17.1. The molecule has 1 fully saturated rings. The minimum atomic E-state index is -0.414. The molecule has 1 atom stereocenters. The van der Waals surface area contributed by atoms with Crippen molar-refractivity contribution in [2.45, 2.75) is 39.3 Å². The average molecular weight is 381 g/mol. The number of carbonyl (C=O) groups is 2. The van der Waals surface area contributed by atoms with Gasteiger partial charge in [-0.1, -0.05) is 30.3 Å². The zero-order chi connectivity index (χ0) is 19.9. The number of hydrogen-bond acceptors (Lipinski definition) is 5. The van der Waals surface area contributed by atoms with Crippen molar-refractivity contribution in [1.82, 2.24) is 15.2 Å². The Labute approximate surface area is 165 Å². The summed E-state index contributed by atoms with van der Waals surface area (Å²) in [5.74, 6) is -0.617. The molecule has 6 heteroatoms. The van der Waals surface area contributed by atoms with Gasteiger partial charge in [0.15, 0.2) is 0 Å². The Balaban J connectivity index is 1.59. The lowest BCUT2D eigenvalue weighted by Gasteiger charge is -2.33. The van der Waals surface area contributed by atoms with E-state index in [-0.39, 0.29) is 11.9 Å². The van der Waals surface area contributed by atoms with Gasteiger partial charge in [-0.2, -0.15) is 0 Å². The third-order valence-corrected chi connectivity index (χ3v) is 4.90. The van der Waals surface area contributed by atoms with Crippen molar-refractivity contribution in [3.63, 3.8) is 0 Å². The number of pyridine rings is 1. The second kappa shape index (κ2) is 9.46. The van der Waals surface area contributed by atoms with Crippen LogP contribution in [0.3, 0.4) is 0 Å². The van der Waals surface area contributed by atoms with E-state index < -0.39 is 5.97 Å². The smallest absolute Gasteiger partial charge is 0.339 e. The standard InChI is InChI=1S/C22H27N3O3/c1-3-28-22(27)19-11-12-20(23-16(19)2)21(26)24-18-10-7-13-25(15-18)14-17-8-5-4-6-9-17/h4-6,8-9,11-12,18H,3,7,10,13-15H2,1-2H3,(H,24,26). The molecule has 1 aromatic heterocycles. The lowest BCUT2D eigenvalue weighted by Crippen LogP contribution is -2.47. The molecule has 1 N–H and O–H groups in total. The van der Waals surface area contributed by atoms with E-state index in [2.05, 4.69) is 27.3 Å². The van der Waals surface area contributed by atoms with Gasteiger partial charge in [0.2, 0.25) is 0 Å². The molecule has 2 aromatic rings. The molecule has 148 valence electrons. The number of likely N-dealkylation sites (tertiary alicyclic amines) is 1. The highest BCUT2D eigenvalue weighted by Crippen LogP contribution is 2.15. The Morgan fingerprint density at radius 3 is 2.71 bits per heavy atom. The van der Waals surface area contributed by atoms with Gasteiger partial charge in [0.1, 0.15) is 5.69 Å². The van der Waals surface area contributed by atoms with Gasteiger partial charge in [-0.3, -0.25) is 9.69 Å². The fraction of sp³-hybridized carbons (Fsp3) is 0.409. The van der Waals surface area contributed by atoms with Crippen molar-refractivity contribution in [3.05, 3.63) is 65.0 Å². The number of nitrogens with zero attached hydrogens (tertiary/aromatic N) is 2. The molecule has 0 aliphatic carbocycles. The van der Waals surface area contributed by atoms with Crippen molar-refractivity contribution in [3.8, 4) is 0 Å².